The van der Waals surface area contributed by atoms with Gasteiger partial charge >= 0.3 is 6.09 Å². The Morgan fingerprint density at radius 1 is 1.42 bits per heavy atom. The van der Waals surface area contributed by atoms with Crippen LogP contribution in [0.1, 0.15) is 27.2 Å². The van der Waals surface area contributed by atoms with Crippen LogP contribution in [0.2, 0.25) is 0 Å². The number of amides is 1. The minimum atomic E-state index is -0.650. The molecule has 1 aliphatic heterocycles. The number of ether oxygens (including phenoxy) is 1. The fourth-order valence-corrected chi connectivity index (χ4v) is 2.62. The molecule has 0 aliphatic carbocycles. The normalized spacial score (nSPS) is 17.7. The smallest absolute Gasteiger partial charge is 0.410 e. The molecule has 2 rings (SSSR count). The lowest BCUT2D eigenvalue weighted by molar-refractivity contribution is -0.385. The third kappa shape index (κ3) is 4.33. The quantitative estimate of drug-likeness (QED) is 0.624. The number of nitrogens with zero attached hydrogens (tertiary/aromatic N) is 3. The van der Waals surface area contributed by atoms with Crippen molar-refractivity contribution in [2.24, 2.45) is 0 Å². The third-order valence-electron chi connectivity index (χ3n) is 3.84. The molecule has 1 aromatic rings. The molecule has 132 valence electrons. The summed E-state index contributed by atoms with van der Waals surface area (Å²) in [6.07, 6.45) is 0.264. The molecule has 0 N–H and O–H groups in total. The maximum Gasteiger partial charge on any atom is 0.410 e. The van der Waals surface area contributed by atoms with E-state index in [0.29, 0.717) is 25.2 Å². The number of halogens is 1. The fourth-order valence-electron chi connectivity index (χ4n) is 2.62. The molecule has 24 heavy (non-hydrogen) atoms. The van der Waals surface area contributed by atoms with Gasteiger partial charge in [0.2, 0.25) is 0 Å². The molecule has 1 amide bonds. The van der Waals surface area contributed by atoms with E-state index in [1.165, 1.54) is 17.0 Å². The van der Waals surface area contributed by atoms with Crippen molar-refractivity contribution in [2.45, 2.75) is 38.8 Å². The maximum atomic E-state index is 13.6. The first kappa shape index (κ1) is 18.0. The Morgan fingerprint density at radius 3 is 2.67 bits per heavy atom. The average Bonchev–Trinajstić information content (AvgIpc) is 2.93. The van der Waals surface area contributed by atoms with Crippen LogP contribution in [0.15, 0.2) is 18.2 Å². The van der Waals surface area contributed by atoms with Crippen LogP contribution in [0.4, 0.5) is 20.6 Å². The molecule has 1 atom stereocenters. The molecule has 0 bridgehead atoms. The monoisotopic (exact) mass is 339 g/mol. The summed E-state index contributed by atoms with van der Waals surface area (Å²) < 4.78 is 18.9. The van der Waals surface area contributed by atoms with Crippen molar-refractivity contribution in [3.05, 3.63) is 34.1 Å². The minimum Gasteiger partial charge on any atom is -0.444 e. The van der Waals surface area contributed by atoms with E-state index in [4.69, 9.17) is 4.74 Å². The average molecular weight is 339 g/mol. The van der Waals surface area contributed by atoms with E-state index in [-0.39, 0.29) is 11.7 Å². The van der Waals surface area contributed by atoms with Gasteiger partial charge in [-0.25, -0.2) is 9.18 Å². The van der Waals surface area contributed by atoms with Crippen molar-refractivity contribution in [3.8, 4) is 0 Å². The van der Waals surface area contributed by atoms with E-state index in [9.17, 15) is 19.3 Å². The van der Waals surface area contributed by atoms with Crippen LogP contribution in [0.5, 0.6) is 0 Å². The molecule has 1 fully saturated rings. The van der Waals surface area contributed by atoms with Gasteiger partial charge in [0.15, 0.2) is 0 Å². The predicted octanol–water partition coefficient (Wildman–Crippen LogP) is 3.18. The Balaban J connectivity index is 2.08. The molecule has 0 saturated carbocycles. The fraction of sp³-hybridized carbons (Fsp3) is 0.562. The van der Waals surface area contributed by atoms with Crippen molar-refractivity contribution in [3.63, 3.8) is 0 Å². The van der Waals surface area contributed by atoms with Crippen molar-refractivity contribution >= 4 is 17.5 Å². The molecular weight excluding hydrogens is 317 g/mol. The van der Waals surface area contributed by atoms with Crippen LogP contribution in [0.25, 0.3) is 0 Å². The minimum absolute atomic E-state index is 0.0952. The van der Waals surface area contributed by atoms with E-state index in [2.05, 4.69) is 0 Å². The number of likely N-dealkylation sites (N-methyl/N-ethyl adjacent to an activating group) is 1. The Bertz CT molecular complexity index is 645. The van der Waals surface area contributed by atoms with Gasteiger partial charge in [0.1, 0.15) is 11.4 Å². The van der Waals surface area contributed by atoms with Crippen molar-refractivity contribution < 1.29 is 18.8 Å². The molecule has 1 aromatic carbocycles. The largest absolute Gasteiger partial charge is 0.444 e. The highest BCUT2D eigenvalue weighted by Crippen LogP contribution is 2.28. The number of rotatable bonds is 3. The van der Waals surface area contributed by atoms with Gasteiger partial charge in [-0.3, -0.25) is 10.1 Å². The van der Waals surface area contributed by atoms with Gasteiger partial charge in [-0.2, -0.15) is 0 Å². The molecule has 0 spiro atoms. The lowest BCUT2D eigenvalue weighted by atomic mass is 10.2. The summed E-state index contributed by atoms with van der Waals surface area (Å²) in [7, 11) is 1.66. The van der Waals surface area contributed by atoms with Crippen LogP contribution in [0, 0.1) is 15.9 Å². The summed E-state index contributed by atoms with van der Waals surface area (Å²) in [6.45, 7) is 6.44. The lowest BCUT2D eigenvalue weighted by Crippen LogP contribution is -2.42. The number of non-ortho nitro benzene ring substituents is 1. The van der Waals surface area contributed by atoms with Gasteiger partial charge < -0.3 is 14.5 Å². The first-order chi connectivity index (χ1) is 11.1. The number of hydrogen-bond donors (Lipinski definition) is 0. The summed E-state index contributed by atoms with van der Waals surface area (Å²) in [6, 6.07) is 3.41. The standard InChI is InChI=1S/C16H22FN3O4/c1-16(2,3)24-15(21)18(4)12-5-6-19(10-12)13-7-11(17)8-14(9-13)20(22)23/h7-9,12H,5-6,10H2,1-4H3. The summed E-state index contributed by atoms with van der Waals surface area (Å²) in [5.74, 6) is -0.650. The highest BCUT2D eigenvalue weighted by Gasteiger charge is 2.31. The summed E-state index contributed by atoms with van der Waals surface area (Å²) in [4.78, 5) is 25.7. The first-order valence-corrected chi connectivity index (χ1v) is 7.72. The van der Waals surface area contributed by atoms with Gasteiger partial charge in [-0.15, -0.1) is 0 Å². The van der Waals surface area contributed by atoms with Gasteiger partial charge in [-0.1, -0.05) is 0 Å². The molecule has 1 unspecified atom stereocenters. The van der Waals surface area contributed by atoms with Crippen LogP contribution in [-0.2, 0) is 4.74 Å². The van der Waals surface area contributed by atoms with Gasteiger partial charge in [0.25, 0.3) is 5.69 Å². The highest BCUT2D eigenvalue weighted by atomic mass is 19.1. The summed E-state index contributed by atoms with van der Waals surface area (Å²) in [5, 5.41) is 10.9. The van der Waals surface area contributed by atoms with Gasteiger partial charge in [-0.05, 0) is 33.3 Å². The van der Waals surface area contributed by atoms with Crippen LogP contribution < -0.4 is 4.90 Å². The zero-order valence-corrected chi connectivity index (χ0v) is 14.3. The maximum absolute atomic E-state index is 13.6. The highest BCUT2D eigenvalue weighted by molar-refractivity contribution is 5.68. The number of carbonyl (C=O) groups excluding carboxylic acids is 1. The van der Waals surface area contributed by atoms with E-state index in [1.54, 1.807) is 27.8 Å². The van der Waals surface area contributed by atoms with Gasteiger partial charge in [0, 0.05) is 31.9 Å². The number of nitro groups is 1. The van der Waals surface area contributed by atoms with Gasteiger partial charge in [0.05, 0.1) is 17.0 Å². The van der Waals surface area contributed by atoms with Crippen molar-refractivity contribution in [1.29, 1.82) is 0 Å². The molecule has 0 aromatic heterocycles. The van der Waals surface area contributed by atoms with E-state index >= 15 is 0 Å². The number of benzene rings is 1. The second kappa shape index (κ2) is 6.62. The molecule has 1 heterocycles. The topological polar surface area (TPSA) is 75.9 Å². The Labute approximate surface area is 140 Å². The second-order valence-corrected chi connectivity index (χ2v) is 6.90. The number of nitro benzene ring substituents is 1. The zero-order chi connectivity index (χ0) is 18.1. The van der Waals surface area contributed by atoms with Crippen LogP contribution >= 0.6 is 0 Å². The molecule has 1 saturated heterocycles. The predicted molar refractivity (Wildman–Crippen MR) is 87.7 cm³/mol. The summed E-state index contributed by atoms with van der Waals surface area (Å²) >= 11 is 0. The van der Waals surface area contributed by atoms with E-state index < -0.39 is 22.4 Å². The van der Waals surface area contributed by atoms with Crippen molar-refractivity contribution in [1.82, 2.24) is 4.90 Å². The summed E-state index contributed by atoms with van der Waals surface area (Å²) in [5.41, 5.74) is -0.414. The van der Waals surface area contributed by atoms with Crippen LogP contribution in [0.3, 0.4) is 0 Å². The lowest BCUT2D eigenvalue weighted by Gasteiger charge is -2.28. The van der Waals surface area contributed by atoms with E-state index in [0.717, 1.165) is 6.07 Å². The Kier molecular flexibility index (Phi) is 4.96. The number of carbonyl (C=O) groups is 1. The van der Waals surface area contributed by atoms with Crippen molar-refractivity contribution in [2.75, 3.05) is 25.0 Å². The molecule has 1 aliphatic rings. The Morgan fingerprint density at radius 2 is 2.08 bits per heavy atom. The molecule has 8 heteroatoms. The molecular formula is C16H22FN3O4. The second-order valence-electron chi connectivity index (χ2n) is 6.90. The molecule has 0 radical (unpaired) electrons. The Hall–Kier alpha value is -2.38. The SMILES string of the molecule is CN(C(=O)OC(C)(C)C)C1CCN(c2cc(F)cc([N+](=O)[O-])c2)C1. The number of hydrogen-bond acceptors (Lipinski definition) is 5. The van der Waals surface area contributed by atoms with E-state index in [1.807, 2.05) is 4.90 Å². The molecule has 7 nitrogen and oxygen atoms in total. The third-order valence-corrected chi connectivity index (χ3v) is 3.84. The first-order valence-electron chi connectivity index (χ1n) is 7.72. The van der Waals surface area contributed by atoms with Crippen LogP contribution in [-0.4, -0.2) is 47.7 Å². The zero-order valence-electron chi connectivity index (χ0n) is 14.3. The number of anilines is 1.